The van der Waals surface area contributed by atoms with E-state index in [2.05, 4.69) is 20.9 Å². The topological polar surface area (TPSA) is 56.4 Å². The third-order valence-corrected chi connectivity index (χ3v) is 3.52. The molecule has 0 bridgehead atoms. The van der Waals surface area contributed by atoms with Crippen molar-refractivity contribution in [2.45, 2.75) is 25.3 Å². The number of hydrogen-bond donors (Lipinski definition) is 0. The molecule has 88 valence electrons. The smallest absolute Gasteiger partial charge is 0.278 e. The first-order valence-corrected chi connectivity index (χ1v) is 6.22. The number of halogens is 1. The summed E-state index contributed by atoms with van der Waals surface area (Å²) < 4.78 is 3.77. The minimum atomic E-state index is -0.189. The van der Waals surface area contributed by atoms with Gasteiger partial charge >= 0.3 is 0 Å². The first-order chi connectivity index (χ1) is 8.22. The third kappa shape index (κ3) is 1.63. The van der Waals surface area contributed by atoms with Crippen LogP contribution >= 0.6 is 15.9 Å². The molecule has 0 aliphatic heterocycles. The second-order valence-corrected chi connectivity index (χ2v) is 4.93. The maximum atomic E-state index is 12.1. The van der Waals surface area contributed by atoms with Crippen molar-refractivity contribution in [1.29, 1.82) is 0 Å². The summed E-state index contributed by atoms with van der Waals surface area (Å²) in [6.45, 7) is 0.0751. The highest BCUT2D eigenvalue weighted by Crippen LogP contribution is 2.40. The molecule has 2 aromatic heterocycles. The fraction of sp³-hybridized carbons (Fsp3) is 0.364. The molecule has 17 heavy (non-hydrogen) atoms. The van der Waals surface area contributed by atoms with Crippen LogP contribution in [0.1, 0.15) is 24.6 Å². The largest absolute Gasteiger partial charge is 0.305 e. The fourth-order valence-electron chi connectivity index (χ4n) is 1.97. The van der Waals surface area contributed by atoms with Gasteiger partial charge in [-0.3, -0.25) is 9.20 Å². The Bertz CT molecular complexity index is 655. The van der Waals surface area contributed by atoms with Crippen molar-refractivity contribution in [3.63, 3.8) is 0 Å². The first kappa shape index (κ1) is 10.7. The van der Waals surface area contributed by atoms with Gasteiger partial charge < -0.3 is 9.36 Å². The summed E-state index contributed by atoms with van der Waals surface area (Å²) in [5, 5.41) is 0. The van der Waals surface area contributed by atoms with Crippen molar-refractivity contribution in [1.82, 2.24) is 14.0 Å². The number of hydrogen-bond acceptors (Lipinski definition) is 3. The van der Waals surface area contributed by atoms with Crippen molar-refractivity contribution in [3.8, 4) is 0 Å². The Hall–Kier alpha value is -1.43. The zero-order valence-electron chi connectivity index (χ0n) is 8.97. The van der Waals surface area contributed by atoms with E-state index in [1.54, 1.807) is 12.4 Å². The van der Waals surface area contributed by atoms with Crippen LogP contribution in [0.5, 0.6) is 0 Å². The highest BCUT2D eigenvalue weighted by molar-refractivity contribution is 9.10. The maximum Gasteiger partial charge on any atom is 0.278 e. The molecule has 0 unspecified atom stereocenters. The van der Waals surface area contributed by atoms with Crippen LogP contribution in [0, 0.1) is 0 Å². The van der Waals surface area contributed by atoms with E-state index in [0.29, 0.717) is 22.3 Å². The summed E-state index contributed by atoms with van der Waals surface area (Å²) in [5.74, 6) is 1.40. The van der Waals surface area contributed by atoms with Crippen LogP contribution in [-0.4, -0.2) is 20.2 Å². The van der Waals surface area contributed by atoms with Gasteiger partial charge in [-0.1, -0.05) is 0 Å². The van der Waals surface area contributed by atoms with Gasteiger partial charge in [0.15, 0.2) is 0 Å². The van der Waals surface area contributed by atoms with Gasteiger partial charge in [0.2, 0.25) is 0 Å². The van der Waals surface area contributed by atoms with Gasteiger partial charge in [0.25, 0.3) is 5.56 Å². The molecule has 1 aliphatic rings. The van der Waals surface area contributed by atoms with Crippen molar-refractivity contribution < 1.29 is 4.79 Å². The molecule has 0 aromatic carbocycles. The molecule has 0 saturated heterocycles. The van der Waals surface area contributed by atoms with Crippen LogP contribution in [0.25, 0.3) is 5.52 Å². The van der Waals surface area contributed by atoms with E-state index in [1.165, 1.54) is 4.57 Å². The Balaban J connectivity index is 2.29. The molecular formula is C11H10BrN3O2. The molecule has 1 saturated carbocycles. The lowest BCUT2D eigenvalue weighted by molar-refractivity contribution is -0.108. The van der Waals surface area contributed by atoms with E-state index in [9.17, 15) is 9.59 Å². The Kier molecular flexibility index (Phi) is 2.39. The minimum Gasteiger partial charge on any atom is -0.305 e. The number of rotatable bonds is 3. The second-order valence-electron chi connectivity index (χ2n) is 4.18. The molecule has 5 nitrogen and oxygen atoms in total. The van der Waals surface area contributed by atoms with E-state index in [-0.39, 0.29) is 12.1 Å². The quantitative estimate of drug-likeness (QED) is 0.803. The number of nitrogens with zero attached hydrogens (tertiary/aromatic N) is 3. The predicted octanol–water partition coefficient (Wildman–Crippen LogP) is 1.33. The molecule has 6 heteroatoms. The molecule has 0 N–H and O–H groups in total. The lowest BCUT2D eigenvalue weighted by Gasteiger charge is -2.03. The molecule has 0 spiro atoms. The highest BCUT2D eigenvalue weighted by Gasteiger charge is 2.29. The van der Waals surface area contributed by atoms with E-state index < -0.39 is 0 Å². The summed E-state index contributed by atoms with van der Waals surface area (Å²) in [5.41, 5.74) is 0.321. The minimum absolute atomic E-state index is 0.0751. The van der Waals surface area contributed by atoms with Crippen LogP contribution in [0.15, 0.2) is 21.8 Å². The summed E-state index contributed by atoms with van der Waals surface area (Å²) in [7, 11) is 0. The maximum absolute atomic E-state index is 12.1. The number of aromatic nitrogens is 3. The summed E-state index contributed by atoms with van der Waals surface area (Å²) in [6, 6.07) is 0. The van der Waals surface area contributed by atoms with Crippen molar-refractivity contribution in [2.75, 3.05) is 0 Å². The van der Waals surface area contributed by atoms with E-state index in [1.807, 2.05) is 4.40 Å². The van der Waals surface area contributed by atoms with Gasteiger partial charge in [0.05, 0.1) is 6.54 Å². The number of aldehydes is 1. The van der Waals surface area contributed by atoms with E-state index in [4.69, 9.17) is 0 Å². The average molecular weight is 296 g/mol. The zero-order valence-corrected chi connectivity index (χ0v) is 10.6. The second kappa shape index (κ2) is 3.80. The third-order valence-electron chi connectivity index (χ3n) is 2.97. The summed E-state index contributed by atoms with van der Waals surface area (Å²) >= 11 is 3.32. The van der Waals surface area contributed by atoms with Gasteiger partial charge in [-0.15, -0.1) is 0 Å². The monoisotopic (exact) mass is 295 g/mol. The zero-order chi connectivity index (χ0) is 12.0. The lowest BCUT2D eigenvalue weighted by atomic mass is 10.4. The standard InChI is InChI=1S/C11H10BrN3O2/c12-9-8-11(17)14(5-6-16)3-4-15(8)10(13-9)7-1-2-7/h3-4,6-7H,1-2,5H2. The highest BCUT2D eigenvalue weighted by atomic mass is 79.9. The van der Waals surface area contributed by atoms with Crippen LogP contribution in [0.2, 0.25) is 0 Å². The van der Waals surface area contributed by atoms with Crippen LogP contribution in [-0.2, 0) is 11.3 Å². The van der Waals surface area contributed by atoms with E-state index >= 15 is 0 Å². The Morgan fingerprint density at radius 1 is 1.47 bits per heavy atom. The predicted molar refractivity (Wildman–Crippen MR) is 65.2 cm³/mol. The average Bonchev–Trinajstić information content (AvgIpc) is 3.08. The van der Waals surface area contributed by atoms with Crippen molar-refractivity contribution in [2.24, 2.45) is 0 Å². The fourth-order valence-corrected chi connectivity index (χ4v) is 2.51. The van der Waals surface area contributed by atoms with Crippen molar-refractivity contribution >= 4 is 27.7 Å². The Labute approximate surface area is 105 Å². The molecular weight excluding hydrogens is 286 g/mol. The summed E-state index contributed by atoms with van der Waals surface area (Å²) in [4.78, 5) is 27.0. The lowest BCUT2D eigenvalue weighted by Crippen LogP contribution is -2.22. The molecule has 1 fully saturated rings. The molecule has 0 atom stereocenters. The Morgan fingerprint density at radius 3 is 2.88 bits per heavy atom. The van der Waals surface area contributed by atoms with E-state index in [0.717, 1.165) is 18.7 Å². The number of carbonyl (C=O) groups is 1. The Morgan fingerprint density at radius 2 is 2.24 bits per heavy atom. The number of fused-ring (bicyclic) bond motifs is 1. The normalized spacial score (nSPS) is 15.4. The van der Waals surface area contributed by atoms with Crippen molar-refractivity contribution in [3.05, 3.63) is 33.2 Å². The van der Waals surface area contributed by atoms with Gasteiger partial charge in [0, 0.05) is 18.3 Å². The molecule has 0 amide bonds. The van der Waals surface area contributed by atoms with Gasteiger partial charge in [-0.05, 0) is 28.8 Å². The van der Waals surface area contributed by atoms with Crippen LogP contribution in [0.4, 0.5) is 0 Å². The van der Waals surface area contributed by atoms with Crippen LogP contribution in [0.3, 0.4) is 0 Å². The van der Waals surface area contributed by atoms with Gasteiger partial charge in [0.1, 0.15) is 22.2 Å². The molecule has 0 radical (unpaired) electrons. The molecule has 1 aliphatic carbocycles. The first-order valence-electron chi connectivity index (χ1n) is 5.43. The SMILES string of the molecule is O=CCn1ccn2c(C3CC3)nc(Br)c2c1=O. The number of imidazole rings is 1. The van der Waals surface area contributed by atoms with Gasteiger partial charge in [-0.2, -0.15) is 0 Å². The summed E-state index contributed by atoms with van der Waals surface area (Å²) in [6.07, 6.45) is 6.39. The van der Waals surface area contributed by atoms with Gasteiger partial charge in [-0.25, -0.2) is 4.98 Å². The number of carbonyl (C=O) groups excluding carboxylic acids is 1. The molecule has 3 rings (SSSR count). The molecule has 2 heterocycles. The van der Waals surface area contributed by atoms with Crippen LogP contribution < -0.4 is 5.56 Å². The molecule has 2 aromatic rings.